The van der Waals surface area contributed by atoms with Crippen molar-refractivity contribution in [3.05, 3.63) is 58.0 Å². The second-order valence-electron chi connectivity index (χ2n) is 5.50. The van der Waals surface area contributed by atoms with Crippen molar-refractivity contribution in [2.24, 2.45) is 0 Å². The number of aryl methyl sites for hydroxylation is 1. The minimum Gasteiger partial charge on any atom is -0.408 e. The number of oxazole rings is 1. The van der Waals surface area contributed by atoms with Gasteiger partial charge in [-0.15, -0.1) is 13.2 Å². The van der Waals surface area contributed by atoms with Crippen LogP contribution in [-0.2, 0) is 11.3 Å². The maximum absolute atomic E-state index is 12.1. The number of rotatable bonds is 5. The van der Waals surface area contributed by atoms with E-state index < -0.39 is 23.8 Å². The molecule has 0 aliphatic heterocycles. The third-order valence-corrected chi connectivity index (χ3v) is 3.80. The molecule has 0 fully saturated rings. The van der Waals surface area contributed by atoms with Gasteiger partial charge in [0.05, 0.1) is 5.52 Å². The van der Waals surface area contributed by atoms with Gasteiger partial charge in [0.25, 0.3) is 0 Å². The summed E-state index contributed by atoms with van der Waals surface area (Å²) < 4.78 is 46.5. The lowest BCUT2D eigenvalue weighted by molar-refractivity contribution is -0.274. The van der Waals surface area contributed by atoms with Crippen LogP contribution in [-0.4, -0.2) is 16.8 Å². The molecule has 2 aromatic carbocycles. The Bertz CT molecular complexity index is 1030. The highest BCUT2D eigenvalue weighted by Crippen LogP contribution is 2.24. The Kier molecular flexibility index (Phi) is 5.13. The first-order chi connectivity index (χ1) is 12.7. The summed E-state index contributed by atoms with van der Waals surface area (Å²) in [6, 6.07) is 9.41. The summed E-state index contributed by atoms with van der Waals surface area (Å²) in [5.41, 5.74) is 1.11. The second-order valence-corrected chi connectivity index (χ2v) is 5.94. The van der Waals surface area contributed by atoms with Gasteiger partial charge in [-0.3, -0.25) is 9.36 Å². The maximum atomic E-state index is 12.1. The minimum absolute atomic E-state index is 0.0489. The number of carbonyl (C=O) groups is 1. The Labute approximate surface area is 155 Å². The number of ether oxygens (including phenoxy) is 1. The normalized spacial score (nSPS) is 11.6. The van der Waals surface area contributed by atoms with Crippen molar-refractivity contribution < 1.29 is 27.1 Å². The molecule has 3 aromatic rings. The molecule has 3 rings (SSSR count). The van der Waals surface area contributed by atoms with Gasteiger partial charge in [0.1, 0.15) is 5.75 Å². The largest absolute Gasteiger partial charge is 0.573 e. The SMILES string of the molecule is O=C(CCn1c(=O)oc2ccc(Cl)cc21)Nc1ccc(OC(F)(F)F)cc1. The van der Waals surface area contributed by atoms with Gasteiger partial charge < -0.3 is 14.5 Å². The van der Waals surface area contributed by atoms with Crippen molar-refractivity contribution in [3.63, 3.8) is 0 Å². The second kappa shape index (κ2) is 7.36. The summed E-state index contributed by atoms with van der Waals surface area (Å²) in [5, 5.41) is 2.94. The molecule has 1 aromatic heterocycles. The molecule has 27 heavy (non-hydrogen) atoms. The van der Waals surface area contributed by atoms with Gasteiger partial charge in [-0.25, -0.2) is 4.79 Å². The zero-order chi connectivity index (χ0) is 19.6. The number of carbonyl (C=O) groups excluding carboxylic acids is 1. The molecule has 1 amide bonds. The molecule has 0 aliphatic rings. The van der Waals surface area contributed by atoms with Gasteiger partial charge in [0, 0.05) is 23.7 Å². The van der Waals surface area contributed by atoms with Crippen molar-refractivity contribution in [3.8, 4) is 5.75 Å². The van der Waals surface area contributed by atoms with E-state index in [1.54, 1.807) is 18.2 Å². The number of nitrogens with one attached hydrogen (secondary N) is 1. The molecule has 1 heterocycles. The van der Waals surface area contributed by atoms with Crippen LogP contribution in [0.4, 0.5) is 18.9 Å². The molecule has 0 saturated heterocycles. The van der Waals surface area contributed by atoms with Gasteiger partial charge in [-0.1, -0.05) is 11.6 Å². The van der Waals surface area contributed by atoms with E-state index in [1.807, 2.05) is 0 Å². The molecule has 10 heteroatoms. The van der Waals surface area contributed by atoms with Crippen LogP contribution >= 0.6 is 11.6 Å². The highest BCUT2D eigenvalue weighted by Gasteiger charge is 2.30. The summed E-state index contributed by atoms with van der Waals surface area (Å²) in [6.07, 6.45) is -4.84. The van der Waals surface area contributed by atoms with Crippen molar-refractivity contribution in [1.82, 2.24) is 4.57 Å². The van der Waals surface area contributed by atoms with Crippen molar-refractivity contribution in [2.45, 2.75) is 19.3 Å². The maximum Gasteiger partial charge on any atom is 0.573 e. The molecular formula is C17H12ClF3N2O4. The highest BCUT2D eigenvalue weighted by molar-refractivity contribution is 6.31. The molecule has 0 unspecified atom stereocenters. The Morgan fingerprint density at radius 1 is 1.19 bits per heavy atom. The Morgan fingerprint density at radius 2 is 1.89 bits per heavy atom. The molecule has 142 valence electrons. The first kappa shape index (κ1) is 18.8. The van der Waals surface area contributed by atoms with Gasteiger partial charge in [0.15, 0.2) is 5.58 Å². The van der Waals surface area contributed by atoms with Crippen LogP contribution in [0.5, 0.6) is 5.75 Å². The first-order valence-corrected chi connectivity index (χ1v) is 8.04. The molecule has 0 saturated carbocycles. The standard InChI is InChI=1S/C17H12ClF3N2O4/c18-10-1-6-14-13(9-10)23(16(25)26-14)8-7-15(24)22-11-2-4-12(5-3-11)27-17(19,20)21/h1-6,9H,7-8H2,(H,22,24). The van der Waals surface area contributed by atoms with E-state index in [0.29, 0.717) is 21.8 Å². The van der Waals surface area contributed by atoms with E-state index in [1.165, 1.54) is 16.7 Å². The summed E-state index contributed by atoms with van der Waals surface area (Å²) >= 11 is 5.91. The first-order valence-electron chi connectivity index (χ1n) is 7.66. The average Bonchev–Trinajstić information content (AvgIpc) is 2.88. The summed E-state index contributed by atoms with van der Waals surface area (Å²) in [7, 11) is 0. The van der Waals surface area contributed by atoms with Crippen molar-refractivity contribution in [1.29, 1.82) is 0 Å². The van der Waals surface area contributed by atoms with E-state index >= 15 is 0 Å². The lowest BCUT2D eigenvalue weighted by Gasteiger charge is -2.10. The Hall–Kier alpha value is -2.94. The quantitative estimate of drug-likeness (QED) is 0.697. The monoisotopic (exact) mass is 400 g/mol. The number of anilines is 1. The number of benzene rings is 2. The predicted octanol–water partition coefficient (Wildman–Crippen LogP) is 4.18. The van der Waals surface area contributed by atoms with E-state index in [9.17, 15) is 22.8 Å². The third-order valence-electron chi connectivity index (χ3n) is 3.56. The van der Waals surface area contributed by atoms with E-state index in [2.05, 4.69) is 10.1 Å². The number of aromatic nitrogens is 1. The molecule has 6 nitrogen and oxygen atoms in total. The van der Waals surface area contributed by atoms with Gasteiger partial charge in [-0.05, 0) is 42.5 Å². The predicted molar refractivity (Wildman–Crippen MR) is 91.9 cm³/mol. The van der Waals surface area contributed by atoms with Gasteiger partial charge in [-0.2, -0.15) is 0 Å². The zero-order valence-corrected chi connectivity index (χ0v) is 14.3. The number of fused-ring (bicyclic) bond motifs is 1. The van der Waals surface area contributed by atoms with Crippen LogP contribution in [0.15, 0.2) is 51.7 Å². The van der Waals surface area contributed by atoms with Crippen LogP contribution in [0.3, 0.4) is 0 Å². The van der Waals surface area contributed by atoms with Gasteiger partial charge in [0.2, 0.25) is 5.91 Å². The number of hydrogen-bond donors (Lipinski definition) is 1. The Morgan fingerprint density at radius 3 is 2.56 bits per heavy atom. The number of alkyl halides is 3. The van der Waals surface area contributed by atoms with Crippen LogP contribution in [0.25, 0.3) is 11.1 Å². The fourth-order valence-corrected chi connectivity index (χ4v) is 2.59. The van der Waals surface area contributed by atoms with E-state index in [-0.39, 0.29) is 13.0 Å². The minimum atomic E-state index is -4.78. The molecule has 0 radical (unpaired) electrons. The number of hydrogen-bond acceptors (Lipinski definition) is 4. The lowest BCUT2D eigenvalue weighted by Crippen LogP contribution is -2.20. The fraction of sp³-hybridized carbons (Fsp3) is 0.176. The van der Waals surface area contributed by atoms with Gasteiger partial charge >= 0.3 is 12.1 Å². The topological polar surface area (TPSA) is 73.5 Å². The fourth-order valence-electron chi connectivity index (χ4n) is 2.42. The van der Waals surface area contributed by atoms with Crippen LogP contribution in [0, 0.1) is 0 Å². The molecule has 0 atom stereocenters. The summed E-state index contributed by atoms with van der Waals surface area (Å²) in [4.78, 5) is 23.9. The zero-order valence-electron chi connectivity index (χ0n) is 13.5. The summed E-state index contributed by atoms with van der Waals surface area (Å²) in [6.45, 7) is 0.0489. The number of halogens is 4. The Balaban J connectivity index is 1.63. The third kappa shape index (κ3) is 4.82. The molecular weight excluding hydrogens is 389 g/mol. The van der Waals surface area contributed by atoms with E-state index in [4.69, 9.17) is 16.0 Å². The number of nitrogens with zero attached hydrogens (tertiary/aromatic N) is 1. The van der Waals surface area contributed by atoms with Crippen LogP contribution in [0.2, 0.25) is 5.02 Å². The molecule has 0 bridgehead atoms. The van der Waals surface area contributed by atoms with Crippen LogP contribution in [0.1, 0.15) is 6.42 Å². The molecule has 1 N–H and O–H groups in total. The van der Waals surface area contributed by atoms with E-state index in [0.717, 1.165) is 12.1 Å². The summed E-state index contributed by atoms with van der Waals surface area (Å²) in [5.74, 6) is -1.44. The van der Waals surface area contributed by atoms with Crippen molar-refractivity contribution in [2.75, 3.05) is 5.32 Å². The lowest BCUT2D eigenvalue weighted by atomic mass is 10.3. The molecule has 0 spiro atoms. The van der Waals surface area contributed by atoms with Crippen LogP contribution < -0.4 is 15.8 Å². The smallest absolute Gasteiger partial charge is 0.408 e. The van der Waals surface area contributed by atoms with Crippen molar-refractivity contribution >= 4 is 34.3 Å². The highest BCUT2D eigenvalue weighted by atomic mass is 35.5. The number of amides is 1. The average molecular weight is 401 g/mol. The molecule has 0 aliphatic carbocycles.